The molecule has 0 rings (SSSR count). The maximum atomic E-state index is 5.25. The van der Waals surface area contributed by atoms with Crippen molar-refractivity contribution in [3.8, 4) is 0 Å². The molecule has 3 nitrogen and oxygen atoms in total. The van der Waals surface area contributed by atoms with E-state index in [1.807, 2.05) is 7.11 Å². The Labute approximate surface area is 123 Å². The second kappa shape index (κ2) is 20.4. The molecule has 0 saturated heterocycles. The molecule has 0 aromatic heterocycles. The smallest absolute Gasteiger partial charge is 0.161 e. The van der Waals surface area contributed by atoms with Crippen LogP contribution in [-0.2, 0) is 13.9 Å². The molecule has 0 aliphatic rings. The third-order valence-electron chi connectivity index (χ3n) is 3.09. The maximum absolute atomic E-state index is 5.25. The summed E-state index contributed by atoms with van der Waals surface area (Å²) < 4.78 is 15.2. The van der Waals surface area contributed by atoms with Gasteiger partial charge < -0.3 is 13.9 Å². The van der Waals surface area contributed by atoms with Crippen LogP contribution in [-0.4, -0.2) is 37.4 Å². The molecule has 0 bridgehead atoms. The summed E-state index contributed by atoms with van der Waals surface area (Å²) >= 11 is 0. The van der Waals surface area contributed by atoms with Gasteiger partial charge in [0, 0.05) is 20.8 Å². The Kier molecular flexibility index (Phi) is 23.0. The van der Waals surface area contributed by atoms with Gasteiger partial charge in [0.25, 0.3) is 0 Å². The fourth-order valence-electron chi connectivity index (χ4n) is 2.01. The summed E-state index contributed by atoms with van der Waals surface area (Å²) in [5.41, 5.74) is 0. The normalized spacial score (nSPS) is 11.1. The average Bonchev–Trinajstić information content (AvgIpc) is 2.39. The summed E-state index contributed by atoms with van der Waals surface area (Å²) in [4.78, 5) is 0. The van der Waals surface area contributed by atoms with Crippen LogP contribution >= 0.6 is 0 Å². The lowest BCUT2D eigenvalue weighted by atomic mass is 10.1. The number of rotatable bonds is 15. The minimum absolute atomic E-state index is 0. The molecule has 19 heavy (non-hydrogen) atoms. The Morgan fingerprint density at radius 3 is 1.79 bits per heavy atom. The zero-order chi connectivity index (χ0) is 13.3. The molecule has 0 unspecified atom stereocenters. The van der Waals surface area contributed by atoms with E-state index in [-0.39, 0.29) is 17.2 Å². The lowest BCUT2D eigenvalue weighted by Gasteiger charge is -2.03. The number of methoxy groups -OCH3 is 1. The third kappa shape index (κ3) is 20.6. The number of unbranched alkanes of at least 4 members (excludes halogenated alkanes) is 8. The monoisotopic (exact) mass is 292 g/mol. The van der Waals surface area contributed by atoms with E-state index in [1.54, 1.807) is 7.11 Å². The molecule has 0 saturated carbocycles. The van der Waals surface area contributed by atoms with E-state index in [1.165, 1.54) is 63.8 Å². The van der Waals surface area contributed by atoms with Gasteiger partial charge in [-0.25, -0.2) is 0 Å². The van der Waals surface area contributed by atoms with Gasteiger partial charge >= 0.3 is 0 Å². The first-order valence-corrected chi connectivity index (χ1v) is 9.05. The highest BCUT2D eigenvalue weighted by molar-refractivity contribution is 6.26. The van der Waals surface area contributed by atoms with Gasteiger partial charge in [-0.3, -0.25) is 0 Å². The van der Waals surface area contributed by atoms with Gasteiger partial charge in [0.2, 0.25) is 0 Å². The zero-order valence-electron chi connectivity index (χ0n) is 12.4. The highest BCUT2D eigenvalue weighted by Crippen LogP contribution is 2.10. The van der Waals surface area contributed by atoms with Crippen LogP contribution in [0.3, 0.4) is 0 Å². The third-order valence-corrected chi connectivity index (χ3v) is 4.29. The minimum Gasteiger partial charge on any atom is -0.427 e. The maximum Gasteiger partial charge on any atom is 0.161 e. The van der Waals surface area contributed by atoms with Crippen molar-refractivity contribution >= 4 is 9.76 Å². The van der Waals surface area contributed by atoms with Crippen molar-refractivity contribution in [3.63, 3.8) is 0 Å². The number of hydrogen-bond acceptors (Lipinski definition) is 3. The van der Waals surface area contributed by atoms with Gasteiger partial charge in [-0.05, 0) is 12.5 Å². The van der Waals surface area contributed by atoms with Crippen LogP contribution in [0.15, 0.2) is 0 Å². The Hall–Kier alpha value is 0.0969. The van der Waals surface area contributed by atoms with Crippen LogP contribution in [0, 0.1) is 0 Å². The minimum atomic E-state index is -0.159. The van der Waals surface area contributed by atoms with Crippen molar-refractivity contribution in [2.75, 3.05) is 27.6 Å². The van der Waals surface area contributed by atoms with E-state index in [0.717, 1.165) is 6.61 Å². The predicted molar refractivity (Wildman–Crippen MR) is 86.5 cm³/mol. The standard InChI is InChI=1S/C14H32O3Si.CH4/c1-15-14-17-12-10-8-6-4-3-5-7-9-11-13-18-16-2;/h3-14,18H2,1-2H3;1H4. The SMILES string of the molecule is C.COCOCCCCCCCCCCC[SiH2]OC. The van der Waals surface area contributed by atoms with Gasteiger partial charge in [0.15, 0.2) is 9.76 Å². The van der Waals surface area contributed by atoms with E-state index >= 15 is 0 Å². The fourth-order valence-corrected chi connectivity index (χ4v) is 2.85. The van der Waals surface area contributed by atoms with Gasteiger partial charge in [-0.15, -0.1) is 0 Å². The van der Waals surface area contributed by atoms with Gasteiger partial charge in [0.05, 0.1) is 0 Å². The van der Waals surface area contributed by atoms with E-state index in [0.29, 0.717) is 6.79 Å². The van der Waals surface area contributed by atoms with E-state index in [4.69, 9.17) is 13.9 Å². The molecule has 0 radical (unpaired) electrons. The lowest BCUT2D eigenvalue weighted by Crippen LogP contribution is -1.98. The Balaban J connectivity index is 0. The molecule has 0 amide bonds. The van der Waals surface area contributed by atoms with Gasteiger partial charge in [-0.2, -0.15) is 0 Å². The molecule has 0 spiro atoms. The number of hydrogen-bond donors (Lipinski definition) is 0. The fraction of sp³-hybridized carbons (Fsp3) is 1.00. The molecular weight excluding hydrogens is 256 g/mol. The quantitative estimate of drug-likeness (QED) is 0.260. The first-order valence-electron chi connectivity index (χ1n) is 7.47. The first-order chi connectivity index (χ1) is 8.91. The summed E-state index contributed by atoms with van der Waals surface area (Å²) in [6, 6.07) is 1.36. The predicted octanol–water partition coefficient (Wildman–Crippen LogP) is 3.90. The molecule has 0 fully saturated rings. The molecule has 0 aliphatic carbocycles. The lowest BCUT2D eigenvalue weighted by molar-refractivity contribution is -0.0315. The zero-order valence-corrected chi connectivity index (χ0v) is 13.8. The summed E-state index contributed by atoms with van der Waals surface area (Å²) in [7, 11) is 3.34. The van der Waals surface area contributed by atoms with E-state index < -0.39 is 0 Å². The average molecular weight is 293 g/mol. The second-order valence-electron chi connectivity index (χ2n) is 4.84. The van der Waals surface area contributed by atoms with Gasteiger partial charge in [0.1, 0.15) is 6.79 Å². The molecule has 0 aromatic carbocycles. The van der Waals surface area contributed by atoms with Crippen molar-refractivity contribution in [2.24, 2.45) is 0 Å². The molecule has 118 valence electrons. The second-order valence-corrected chi connectivity index (χ2v) is 6.54. The van der Waals surface area contributed by atoms with Crippen LogP contribution in [0.4, 0.5) is 0 Å². The molecule has 0 N–H and O–H groups in total. The van der Waals surface area contributed by atoms with Crippen molar-refractivity contribution in [1.29, 1.82) is 0 Å². The Morgan fingerprint density at radius 1 is 0.737 bits per heavy atom. The molecule has 0 aliphatic heterocycles. The van der Waals surface area contributed by atoms with Crippen LogP contribution in [0.25, 0.3) is 0 Å². The molecule has 0 aromatic rings. The van der Waals surface area contributed by atoms with Crippen LogP contribution in [0.2, 0.25) is 6.04 Å². The largest absolute Gasteiger partial charge is 0.427 e. The van der Waals surface area contributed by atoms with E-state index in [9.17, 15) is 0 Å². The van der Waals surface area contributed by atoms with Crippen molar-refractivity contribution in [2.45, 2.75) is 71.3 Å². The first kappa shape index (κ1) is 21.4. The Bertz CT molecular complexity index is 129. The highest BCUT2D eigenvalue weighted by atomic mass is 28.2. The summed E-state index contributed by atoms with van der Waals surface area (Å²) in [5, 5.41) is 0. The van der Waals surface area contributed by atoms with E-state index in [2.05, 4.69) is 0 Å². The topological polar surface area (TPSA) is 27.7 Å². The summed E-state index contributed by atoms with van der Waals surface area (Å²) in [6.45, 7) is 1.28. The van der Waals surface area contributed by atoms with Crippen molar-refractivity contribution < 1.29 is 13.9 Å². The molecule has 0 heterocycles. The van der Waals surface area contributed by atoms with Crippen molar-refractivity contribution in [1.82, 2.24) is 0 Å². The summed E-state index contributed by atoms with van der Waals surface area (Å²) in [5.74, 6) is 0. The Morgan fingerprint density at radius 2 is 1.26 bits per heavy atom. The van der Waals surface area contributed by atoms with Gasteiger partial charge in [-0.1, -0.05) is 58.8 Å². The van der Waals surface area contributed by atoms with Crippen molar-refractivity contribution in [3.05, 3.63) is 0 Å². The van der Waals surface area contributed by atoms with Crippen LogP contribution < -0.4 is 0 Å². The number of ether oxygens (including phenoxy) is 2. The summed E-state index contributed by atoms with van der Waals surface area (Å²) in [6.07, 6.45) is 12.2. The molecule has 0 atom stereocenters. The van der Waals surface area contributed by atoms with Crippen LogP contribution in [0.1, 0.15) is 65.2 Å². The molecule has 4 heteroatoms. The van der Waals surface area contributed by atoms with Crippen LogP contribution in [0.5, 0.6) is 0 Å². The molecular formula is C15H36O3Si. The highest BCUT2D eigenvalue weighted by Gasteiger charge is 1.93.